The maximum absolute atomic E-state index is 12.7. The first-order valence-corrected chi connectivity index (χ1v) is 9.64. The molecule has 28 heavy (non-hydrogen) atoms. The van der Waals surface area contributed by atoms with Crippen LogP contribution in [0.3, 0.4) is 0 Å². The lowest BCUT2D eigenvalue weighted by atomic mass is 10.1. The molecule has 1 saturated heterocycles. The van der Waals surface area contributed by atoms with Crippen LogP contribution in [0.25, 0.3) is 11.0 Å². The van der Waals surface area contributed by atoms with Gasteiger partial charge in [-0.1, -0.05) is 11.6 Å². The zero-order valence-corrected chi connectivity index (χ0v) is 16.2. The van der Waals surface area contributed by atoms with Crippen LogP contribution in [0.4, 0.5) is 0 Å². The van der Waals surface area contributed by atoms with Crippen LogP contribution in [0.5, 0.6) is 0 Å². The molecule has 1 aliphatic heterocycles. The SMILES string of the molecule is Cc1ccc2oc(C(=O)NCC(c3ccc(C)o3)N3CCCC3)cc(=O)c2c1. The van der Waals surface area contributed by atoms with E-state index < -0.39 is 5.91 Å². The predicted octanol–water partition coefficient (Wildman–Crippen LogP) is 3.57. The fourth-order valence-corrected chi connectivity index (χ4v) is 3.75. The number of benzene rings is 1. The van der Waals surface area contributed by atoms with Gasteiger partial charge in [-0.25, -0.2) is 0 Å². The summed E-state index contributed by atoms with van der Waals surface area (Å²) in [6, 6.07) is 10.5. The molecule has 3 aromatic rings. The molecule has 1 N–H and O–H groups in total. The Bertz CT molecular complexity index is 1060. The smallest absolute Gasteiger partial charge is 0.287 e. The van der Waals surface area contributed by atoms with Gasteiger partial charge in [0.2, 0.25) is 0 Å². The molecule has 2 aromatic heterocycles. The fraction of sp³-hybridized carbons (Fsp3) is 0.364. The van der Waals surface area contributed by atoms with Gasteiger partial charge in [0.1, 0.15) is 17.1 Å². The first-order valence-electron chi connectivity index (χ1n) is 9.64. The maximum Gasteiger partial charge on any atom is 0.287 e. The number of amides is 1. The Morgan fingerprint density at radius 1 is 1.11 bits per heavy atom. The summed E-state index contributed by atoms with van der Waals surface area (Å²) in [5.74, 6) is 1.32. The number of likely N-dealkylation sites (tertiary alicyclic amines) is 1. The van der Waals surface area contributed by atoms with E-state index in [4.69, 9.17) is 8.83 Å². The van der Waals surface area contributed by atoms with E-state index in [1.54, 1.807) is 12.1 Å². The second-order valence-electron chi connectivity index (χ2n) is 7.39. The van der Waals surface area contributed by atoms with E-state index >= 15 is 0 Å². The Kier molecular flexibility index (Phi) is 5.05. The zero-order chi connectivity index (χ0) is 19.7. The van der Waals surface area contributed by atoms with Crippen LogP contribution in [0.15, 0.2) is 50.0 Å². The van der Waals surface area contributed by atoms with Gasteiger partial charge in [0.25, 0.3) is 5.91 Å². The van der Waals surface area contributed by atoms with Crippen LogP contribution in [0, 0.1) is 13.8 Å². The molecule has 1 aromatic carbocycles. The van der Waals surface area contributed by atoms with Gasteiger partial charge in [-0.3, -0.25) is 14.5 Å². The molecule has 1 atom stereocenters. The number of nitrogens with one attached hydrogen (secondary N) is 1. The van der Waals surface area contributed by atoms with E-state index in [2.05, 4.69) is 10.2 Å². The monoisotopic (exact) mass is 380 g/mol. The van der Waals surface area contributed by atoms with E-state index in [-0.39, 0.29) is 17.2 Å². The summed E-state index contributed by atoms with van der Waals surface area (Å²) in [5, 5.41) is 3.40. The van der Waals surface area contributed by atoms with E-state index in [9.17, 15) is 9.59 Å². The highest BCUT2D eigenvalue weighted by atomic mass is 16.3. The van der Waals surface area contributed by atoms with Gasteiger partial charge in [0.05, 0.1) is 11.4 Å². The molecule has 4 rings (SSSR count). The van der Waals surface area contributed by atoms with E-state index in [1.807, 2.05) is 32.0 Å². The molecule has 0 spiro atoms. The first-order chi connectivity index (χ1) is 13.5. The largest absolute Gasteiger partial charge is 0.465 e. The van der Waals surface area contributed by atoms with Crippen molar-refractivity contribution in [2.24, 2.45) is 0 Å². The lowest BCUT2D eigenvalue weighted by molar-refractivity contribution is 0.0906. The summed E-state index contributed by atoms with van der Waals surface area (Å²) in [6.45, 7) is 6.17. The number of carbonyl (C=O) groups excluding carboxylic acids is 1. The summed E-state index contributed by atoms with van der Waals surface area (Å²) in [7, 11) is 0. The third-order valence-corrected chi connectivity index (χ3v) is 5.23. The number of furan rings is 1. The topological polar surface area (TPSA) is 75.7 Å². The third kappa shape index (κ3) is 3.73. The van der Waals surface area contributed by atoms with Crippen LogP contribution in [0.1, 0.15) is 46.5 Å². The van der Waals surface area contributed by atoms with Crippen LogP contribution < -0.4 is 10.7 Å². The maximum atomic E-state index is 12.7. The number of carbonyl (C=O) groups is 1. The van der Waals surface area contributed by atoms with Crippen LogP contribution >= 0.6 is 0 Å². The molecular formula is C22H24N2O4. The summed E-state index contributed by atoms with van der Waals surface area (Å²) < 4.78 is 11.5. The van der Waals surface area contributed by atoms with Crippen LogP contribution in [-0.2, 0) is 0 Å². The Morgan fingerprint density at radius 2 is 1.89 bits per heavy atom. The molecule has 3 heterocycles. The number of rotatable bonds is 5. The second-order valence-corrected chi connectivity index (χ2v) is 7.39. The number of hydrogen-bond donors (Lipinski definition) is 1. The highest BCUT2D eigenvalue weighted by Crippen LogP contribution is 2.26. The number of fused-ring (bicyclic) bond motifs is 1. The number of nitrogens with zero attached hydrogens (tertiary/aromatic N) is 1. The van der Waals surface area contributed by atoms with Gasteiger partial charge >= 0.3 is 0 Å². The van der Waals surface area contributed by atoms with Crippen molar-refractivity contribution >= 4 is 16.9 Å². The molecule has 6 nitrogen and oxygen atoms in total. The Hall–Kier alpha value is -2.86. The lowest BCUT2D eigenvalue weighted by Gasteiger charge is -2.26. The summed E-state index contributed by atoms with van der Waals surface area (Å²) in [5.41, 5.74) is 1.17. The first kappa shape index (κ1) is 18.5. The molecule has 0 bridgehead atoms. The molecule has 0 saturated carbocycles. The van der Waals surface area contributed by atoms with Crippen molar-refractivity contribution in [2.75, 3.05) is 19.6 Å². The van der Waals surface area contributed by atoms with Crippen molar-refractivity contribution in [1.29, 1.82) is 0 Å². The van der Waals surface area contributed by atoms with Crippen molar-refractivity contribution < 1.29 is 13.6 Å². The molecule has 0 radical (unpaired) electrons. The van der Waals surface area contributed by atoms with Gasteiger partial charge in [-0.05, 0) is 64.0 Å². The van der Waals surface area contributed by atoms with Crippen molar-refractivity contribution in [3.8, 4) is 0 Å². The minimum atomic E-state index is -0.396. The predicted molar refractivity (Wildman–Crippen MR) is 107 cm³/mol. The highest BCUT2D eigenvalue weighted by molar-refractivity contribution is 5.93. The van der Waals surface area contributed by atoms with Gasteiger partial charge in [-0.2, -0.15) is 0 Å². The average Bonchev–Trinajstić information content (AvgIpc) is 3.34. The molecule has 1 amide bonds. The van der Waals surface area contributed by atoms with E-state index in [0.29, 0.717) is 17.5 Å². The lowest BCUT2D eigenvalue weighted by Crippen LogP contribution is -2.36. The van der Waals surface area contributed by atoms with E-state index in [1.165, 1.54) is 6.07 Å². The molecule has 146 valence electrons. The average molecular weight is 380 g/mol. The zero-order valence-electron chi connectivity index (χ0n) is 16.2. The molecular weight excluding hydrogens is 356 g/mol. The van der Waals surface area contributed by atoms with Crippen molar-refractivity contribution in [2.45, 2.75) is 32.7 Å². The number of hydrogen-bond acceptors (Lipinski definition) is 5. The van der Waals surface area contributed by atoms with Crippen molar-refractivity contribution in [1.82, 2.24) is 10.2 Å². The van der Waals surface area contributed by atoms with Gasteiger partial charge in [0, 0.05) is 12.6 Å². The quantitative estimate of drug-likeness (QED) is 0.732. The fourth-order valence-electron chi connectivity index (χ4n) is 3.75. The molecule has 1 fully saturated rings. The number of aryl methyl sites for hydroxylation is 2. The standard InChI is InChI=1S/C22H24N2O4/c1-14-5-7-19-16(11-14)18(25)12-21(28-19)22(26)23-13-17(24-9-3-4-10-24)20-8-6-15(2)27-20/h5-8,11-12,17H,3-4,9-10,13H2,1-2H3,(H,23,26). The Labute approximate surface area is 163 Å². The summed E-state index contributed by atoms with van der Waals surface area (Å²) in [4.78, 5) is 27.4. The summed E-state index contributed by atoms with van der Waals surface area (Å²) in [6.07, 6.45) is 2.28. The normalized spacial score (nSPS) is 15.8. The van der Waals surface area contributed by atoms with Crippen LogP contribution in [-0.4, -0.2) is 30.4 Å². The minimum absolute atomic E-state index is 0.0251. The Balaban J connectivity index is 1.54. The van der Waals surface area contributed by atoms with Crippen molar-refractivity contribution in [3.05, 3.63) is 69.5 Å². The summed E-state index contributed by atoms with van der Waals surface area (Å²) >= 11 is 0. The minimum Gasteiger partial charge on any atom is -0.465 e. The van der Waals surface area contributed by atoms with Crippen molar-refractivity contribution in [3.63, 3.8) is 0 Å². The second kappa shape index (κ2) is 7.64. The van der Waals surface area contributed by atoms with Gasteiger partial charge in [-0.15, -0.1) is 0 Å². The molecule has 1 aliphatic rings. The van der Waals surface area contributed by atoms with E-state index in [0.717, 1.165) is 43.0 Å². The molecule has 1 unspecified atom stereocenters. The highest BCUT2D eigenvalue weighted by Gasteiger charge is 2.27. The van der Waals surface area contributed by atoms with Gasteiger partial charge in [0.15, 0.2) is 11.2 Å². The molecule has 6 heteroatoms. The Morgan fingerprint density at radius 3 is 2.61 bits per heavy atom. The van der Waals surface area contributed by atoms with Gasteiger partial charge < -0.3 is 14.2 Å². The molecule has 0 aliphatic carbocycles. The third-order valence-electron chi connectivity index (χ3n) is 5.23. The van der Waals surface area contributed by atoms with Crippen LogP contribution in [0.2, 0.25) is 0 Å².